The molecule has 0 fully saturated rings. The van der Waals surface area contributed by atoms with Gasteiger partial charge in [-0.1, -0.05) is 0 Å². The van der Waals surface area contributed by atoms with Gasteiger partial charge in [-0.05, 0) is 0 Å². The Morgan fingerprint density at radius 3 is 1.44 bits per heavy atom. The van der Waals surface area contributed by atoms with Gasteiger partial charge in [0.15, 0.2) is 0 Å². The van der Waals surface area contributed by atoms with Crippen LogP contribution in [0.3, 0.4) is 0 Å². The summed E-state index contributed by atoms with van der Waals surface area (Å²) in [4.78, 5) is 14.2. The fourth-order valence-electron chi connectivity index (χ4n) is 0.574. The topological polar surface area (TPSA) is 64.6 Å². The average Bonchev–Trinajstić information content (AvgIpc) is 2.31. The van der Waals surface area contributed by atoms with E-state index in [9.17, 15) is 0 Å². The van der Waals surface area contributed by atoms with Crippen LogP contribution in [-0.4, -0.2) is 25.9 Å². The Kier molecular flexibility index (Phi) is 11.3. The molecule has 9 heteroatoms. The summed E-state index contributed by atoms with van der Waals surface area (Å²) >= 11 is 1.24. The molecule has 16 heavy (non-hydrogen) atoms. The second-order valence-corrected chi connectivity index (χ2v) is 5.23. The second-order valence-electron chi connectivity index (χ2n) is 2.22. The van der Waals surface area contributed by atoms with Crippen molar-refractivity contribution in [2.75, 3.05) is 25.9 Å². The fourth-order valence-corrected chi connectivity index (χ4v) is 2.92. The molecule has 98 valence electrons. The number of hydrogen-bond acceptors (Lipinski definition) is 7. The summed E-state index contributed by atoms with van der Waals surface area (Å²) in [7, 11) is 0. The van der Waals surface area contributed by atoms with E-state index in [0.29, 0.717) is 19.8 Å². The summed E-state index contributed by atoms with van der Waals surface area (Å²) in [6.07, 6.45) is 0. The molecule has 0 aliphatic heterocycles. The Hall–Kier alpha value is 0.724. The Balaban J connectivity index is 4.32. The van der Waals surface area contributed by atoms with Crippen molar-refractivity contribution >= 4 is 11.6 Å². The van der Waals surface area contributed by atoms with Gasteiger partial charge in [-0.25, -0.2) is 0 Å². The minimum absolute atomic E-state index is 0.187. The van der Waals surface area contributed by atoms with Crippen molar-refractivity contribution < 1.29 is 46.5 Å². The first-order valence-corrected chi connectivity index (χ1v) is 7.94. The molecule has 0 N–H and O–H groups in total. The molecule has 0 spiro atoms. The Bertz CT molecular complexity index is 140. The molecule has 0 aromatic rings. The quantitative estimate of drug-likeness (QED) is 0.250. The Labute approximate surface area is 105 Å². The Morgan fingerprint density at radius 1 is 0.812 bits per heavy atom. The molecule has 0 saturated heterocycles. The van der Waals surface area contributed by atoms with Crippen molar-refractivity contribution in [2.24, 2.45) is 0 Å². The van der Waals surface area contributed by atoms with Crippen LogP contribution in [0.15, 0.2) is 0 Å². The molecule has 0 atom stereocenters. The molecule has 0 rings (SSSR count). The predicted octanol–water partition coefficient (Wildman–Crippen LogP) is 1.92. The molecule has 0 radical (unpaired) electrons. The van der Waals surface area contributed by atoms with E-state index < -0.39 is 18.1 Å². The van der Waals surface area contributed by atoms with E-state index in [1.54, 1.807) is 20.8 Å². The molecule has 0 saturated carbocycles. The molecule has 0 aliphatic carbocycles. The van der Waals surface area contributed by atoms with E-state index in [1.807, 2.05) is 0 Å². The summed E-state index contributed by atoms with van der Waals surface area (Å²) in [5, 5.41) is 0. The standard InChI is InChI=1S/3C2H6O2.CH2ClO.Ti/c3*1-2-4-3;2-1-3;/h3*3H,2H2,1H3;1H2;/q;;;-1;+4/p-3. The second kappa shape index (κ2) is 10.9. The summed E-state index contributed by atoms with van der Waals surface area (Å²) in [5.41, 5.74) is 0. The van der Waals surface area contributed by atoms with E-state index in [4.69, 9.17) is 40.0 Å². The van der Waals surface area contributed by atoms with Gasteiger partial charge in [-0.2, -0.15) is 0 Å². The summed E-state index contributed by atoms with van der Waals surface area (Å²) in [6, 6.07) is -0.187. The molecule has 0 aliphatic rings. The van der Waals surface area contributed by atoms with Crippen LogP contribution in [0.1, 0.15) is 20.8 Å². The van der Waals surface area contributed by atoms with E-state index in [0.717, 1.165) is 0 Å². The SMILES string of the molecule is CCO[O][Ti]([O]CCl)([O]OCC)[O]OCC. The predicted molar refractivity (Wildman–Crippen MR) is 49.9 cm³/mol. The molecule has 0 aromatic carbocycles. The van der Waals surface area contributed by atoms with E-state index in [-0.39, 0.29) is 6.07 Å². The third kappa shape index (κ3) is 7.13. The van der Waals surface area contributed by atoms with Gasteiger partial charge in [0, 0.05) is 0 Å². The zero-order valence-corrected chi connectivity index (χ0v) is 11.9. The number of rotatable bonds is 11. The van der Waals surface area contributed by atoms with Crippen LogP contribution in [0.2, 0.25) is 0 Å². The molecule has 0 heterocycles. The monoisotopic (exact) mass is 296 g/mol. The molecule has 0 bridgehead atoms. The maximum atomic E-state index is 5.44. The van der Waals surface area contributed by atoms with Crippen molar-refractivity contribution in [3.63, 3.8) is 0 Å². The van der Waals surface area contributed by atoms with Crippen molar-refractivity contribution in [1.29, 1.82) is 0 Å². The molecular weight excluding hydrogens is 279 g/mol. The van der Waals surface area contributed by atoms with Gasteiger partial charge >= 0.3 is 105 Å². The van der Waals surface area contributed by atoms with Gasteiger partial charge in [0.25, 0.3) is 0 Å². The van der Waals surface area contributed by atoms with Crippen LogP contribution in [-0.2, 0) is 46.5 Å². The van der Waals surface area contributed by atoms with Crippen molar-refractivity contribution in [2.45, 2.75) is 20.8 Å². The maximum absolute atomic E-state index is 5.44. The summed E-state index contributed by atoms with van der Waals surface area (Å²) in [5.74, 6) is 0. The molecule has 0 unspecified atom stereocenters. The fraction of sp³-hybridized carbons (Fsp3) is 1.00. The van der Waals surface area contributed by atoms with Gasteiger partial charge in [-0.15, -0.1) is 0 Å². The summed E-state index contributed by atoms with van der Waals surface area (Å²) in [6.45, 7) is 6.08. The van der Waals surface area contributed by atoms with Crippen LogP contribution < -0.4 is 0 Å². The van der Waals surface area contributed by atoms with Gasteiger partial charge < -0.3 is 0 Å². The van der Waals surface area contributed by atoms with Crippen molar-refractivity contribution in [3.05, 3.63) is 0 Å². The number of halogens is 1. The van der Waals surface area contributed by atoms with E-state index in [1.165, 1.54) is 0 Å². The normalized spacial score (nSPS) is 12.0. The third-order valence-corrected chi connectivity index (χ3v) is 3.75. The van der Waals surface area contributed by atoms with Crippen molar-refractivity contribution in [3.8, 4) is 0 Å². The van der Waals surface area contributed by atoms with E-state index >= 15 is 0 Å². The van der Waals surface area contributed by atoms with E-state index in [2.05, 4.69) is 0 Å². The molecule has 7 nitrogen and oxygen atoms in total. The van der Waals surface area contributed by atoms with Gasteiger partial charge in [0.05, 0.1) is 0 Å². The van der Waals surface area contributed by atoms with Crippen LogP contribution >= 0.6 is 11.6 Å². The zero-order valence-electron chi connectivity index (χ0n) is 9.56. The van der Waals surface area contributed by atoms with Crippen LogP contribution in [0.25, 0.3) is 0 Å². The summed E-state index contributed by atoms with van der Waals surface area (Å²) < 4.78 is 19.8. The average molecular weight is 297 g/mol. The first-order valence-electron chi connectivity index (χ1n) is 4.86. The molecule has 0 amide bonds. The Morgan fingerprint density at radius 2 is 1.19 bits per heavy atom. The molecule has 0 aromatic heterocycles. The number of hydrogen-bond donors (Lipinski definition) is 0. The van der Waals surface area contributed by atoms with Gasteiger partial charge in [0.1, 0.15) is 0 Å². The third-order valence-electron chi connectivity index (χ3n) is 1.07. The van der Waals surface area contributed by atoms with Gasteiger partial charge in [0.2, 0.25) is 0 Å². The number of alkyl halides is 1. The minimum atomic E-state index is -4.20. The van der Waals surface area contributed by atoms with Gasteiger partial charge in [-0.3, -0.25) is 0 Å². The van der Waals surface area contributed by atoms with Crippen molar-refractivity contribution in [1.82, 2.24) is 0 Å². The van der Waals surface area contributed by atoms with Crippen LogP contribution in [0, 0.1) is 0 Å². The molecular formula is C7H17ClO7Ti. The first kappa shape index (κ1) is 16.7. The van der Waals surface area contributed by atoms with Crippen LogP contribution in [0.5, 0.6) is 0 Å². The van der Waals surface area contributed by atoms with Crippen LogP contribution in [0.4, 0.5) is 0 Å². The zero-order chi connectivity index (χ0) is 12.3. The first-order chi connectivity index (χ1) is 7.74.